The summed E-state index contributed by atoms with van der Waals surface area (Å²) in [6.45, 7) is 4.03. The van der Waals surface area contributed by atoms with Gasteiger partial charge in [-0.2, -0.15) is 0 Å². The van der Waals surface area contributed by atoms with Crippen LogP contribution in [-0.2, 0) is 6.61 Å². The van der Waals surface area contributed by atoms with E-state index in [9.17, 15) is 4.79 Å². The summed E-state index contributed by atoms with van der Waals surface area (Å²) in [7, 11) is 0. The van der Waals surface area contributed by atoms with Gasteiger partial charge in [0, 0.05) is 10.6 Å². The average molecular weight is 291 g/mol. The molecule has 2 rings (SSSR count). The van der Waals surface area contributed by atoms with E-state index < -0.39 is 5.97 Å². The average Bonchev–Trinajstić information content (AvgIpc) is 2.42. The minimum absolute atomic E-state index is 0.211. The number of aromatic carboxylic acids is 1. The molecule has 2 aromatic rings. The number of hydrogen-bond acceptors (Lipinski definition) is 2. The summed E-state index contributed by atoms with van der Waals surface area (Å²) in [5.74, 6) is -0.266. The Morgan fingerprint density at radius 1 is 1.20 bits per heavy atom. The monoisotopic (exact) mass is 290 g/mol. The molecule has 0 atom stereocenters. The Balaban J connectivity index is 2.19. The van der Waals surface area contributed by atoms with Gasteiger partial charge in [0.1, 0.15) is 12.4 Å². The summed E-state index contributed by atoms with van der Waals surface area (Å²) in [4.78, 5) is 11.1. The van der Waals surface area contributed by atoms with E-state index in [2.05, 4.69) is 0 Å². The maximum absolute atomic E-state index is 11.1. The molecule has 0 aromatic heterocycles. The van der Waals surface area contributed by atoms with Crippen LogP contribution in [0.15, 0.2) is 36.4 Å². The molecule has 0 spiro atoms. The molecule has 0 aliphatic heterocycles. The molecule has 1 N–H and O–H groups in total. The lowest BCUT2D eigenvalue weighted by Crippen LogP contribution is -2.05. The highest BCUT2D eigenvalue weighted by atomic mass is 35.5. The number of carboxylic acids is 1. The summed E-state index contributed by atoms with van der Waals surface area (Å²) in [5.41, 5.74) is 2.78. The van der Waals surface area contributed by atoms with Gasteiger partial charge >= 0.3 is 5.97 Å². The van der Waals surface area contributed by atoms with Crippen LogP contribution in [0.25, 0.3) is 0 Å². The lowest BCUT2D eigenvalue weighted by Gasteiger charge is -2.11. The number of aryl methyl sites for hydroxylation is 2. The van der Waals surface area contributed by atoms with Gasteiger partial charge in [-0.15, -0.1) is 0 Å². The first kappa shape index (κ1) is 14.4. The number of halogens is 1. The Morgan fingerprint density at radius 3 is 2.40 bits per heavy atom. The predicted molar refractivity (Wildman–Crippen MR) is 78.7 cm³/mol. The van der Waals surface area contributed by atoms with Crippen LogP contribution in [0.5, 0.6) is 5.75 Å². The molecule has 4 heteroatoms. The van der Waals surface area contributed by atoms with Crippen LogP contribution in [-0.4, -0.2) is 11.1 Å². The van der Waals surface area contributed by atoms with Crippen LogP contribution in [0.1, 0.15) is 27.0 Å². The van der Waals surface area contributed by atoms with Gasteiger partial charge in [0.25, 0.3) is 0 Å². The van der Waals surface area contributed by atoms with Crippen molar-refractivity contribution in [1.29, 1.82) is 0 Å². The second-order valence-electron chi connectivity index (χ2n) is 4.62. The van der Waals surface area contributed by atoms with Crippen LogP contribution in [0.2, 0.25) is 5.02 Å². The van der Waals surface area contributed by atoms with E-state index in [0.717, 1.165) is 16.1 Å². The molecule has 0 fully saturated rings. The highest BCUT2D eigenvalue weighted by Gasteiger charge is 2.10. The zero-order chi connectivity index (χ0) is 14.7. The predicted octanol–water partition coefficient (Wildman–Crippen LogP) is 4.23. The minimum Gasteiger partial charge on any atom is -0.489 e. The molecule has 2 aromatic carbocycles. The number of ether oxygens (including phenoxy) is 1. The van der Waals surface area contributed by atoms with Crippen LogP contribution >= 0.6 is 11.6 Å². The first-order chi connectivity index (χ1) is 9.49. The van der Waals surface area contributed by atoms with Gasteiger partial charge in [-0.05, 0) is 43.2 Å². The molecule has 0 radical (unpaired) electrons. The Morgan fingerprint density at radius 2 is 1.80 bits per heavy atom. The molecular formula is C16H15ClO3. The molecule has 0 aliphatic carbocycles. The van der Waals surface area contributed by atoms with Gasteiger partial charge in [-0.3, -0.25) is 0 Å². The third-order valence-electron chi connectivity index (χ3n) is 3.05. The number of rotatable bonds is 4. The van der Waals surface area contributed by atoms with Crippen molar-refractivity contribution in [1.82, 2.24) is 0 Å². The van der Waals surface area contributed by atoms with Gasteiger partial charge in [0.15, 0.2) is 0 Å². The highest BCUT2D eigenvalue weighted by Crippen LogP contribution is 2.26. The normalized spacial score (nSPS) is 10.3. The molecule has 0 aliphatic rings. The Kier molecular flexibility index (Phi) is 4.30. The second-order valence-corrected chi connectivity index (χ2v) is 5.00. The first-order valence-corrected chi connectivity index (χ1v) is 6.57. The van der Waals surface area contributed by atoms with E-state index in [1.54, 1.807) is 24.3 Å². The number of carbonyl (C=O) groups is 1. The summed E-state index contributed by atoms with van der Waals surface area (Å²) < 4.78 is 5.68. The third kappa shape index (κ3) is 3.11. The third-order valence-corrected chi connectivity index (χ3v) is 3.65. The minimum atomic E-state index is -0.951. The van der Waals surface area contributed by atoms with Crippen molar-refractivity contribution in [2.45, 2.75) is 20.5 Å². The molecule has 20 heavy (non-hydrogen) atoms. The lowest BCUT2D eigenvalue weighted by molar-refractivity contribution is 0.0694. The topological polar surface area (TPSA) is 46.5 Å². The summed E-state index contributed by atoms with van der Waals surface area (Å²) in [6, 6.07) is 10.5. The maximum atomic E-state index is 11.1. The van der Waals surface area contributed by atoms with E-state index in [4.69, 9.17) is 21.4 Å². The second kappa shape index (κ2) is 5.97. The van der Waals surface area contributed by atoms with Crippen molar-refractivity contribution < 1.29 is 14.6 Å². The standard InChI is InChI=1S/C16H15ClO3/c1-10-7-13(8-11(2)15(10)17)20-9-12-5-3-4-6-14(12)16(18)19/h3-8H,9H2,1-2H3,(H,18,19). The molecule has 0 bridgehead atoms. The zero-order valence-electron chi connectivity index (χ0n) is 11.3. The molecule has 3 nitrogen and oxygen atoms in total. The van der Waals surface area contributed by atoms with E-state index in [1.165, 1.54) is 0 Å². The largest absolute Gasteiger partial charge is 0.489 e. The van der Waals surface area contributed by atoms with Crippen molar-refractivity contribution in [3.8, 4) is 5.75 Å². The summed E-state index contributed by atoms with van der Waals surface area (Å²) >= 11 is 6.10. The molecule has 0 amide bonds. The number of carboxylic acid groups (broad SMARTS) is 1. The number of benzene rings is 2. The molecular weight excluding hydrogens is 276 g/mol. The van der Waals surface area contributed by atoms with Gasteiger partial charge in [-0.1, -0.05) is 29.8 Å². The van der Waals surface area contributed by atoms with Crippen LogP contribution in [0, 0.1) is 13.8 Å². The highest BCUT2D eigenvalue weighted by molar-refractivity contribution is 6.32. The van der Waals surface area contributed by atoms with Crippen LogP contribution in [0.4, 0.5) is 0 Å². The SMILES string of the molecule is Cc1cc(OCc2ccccc2C(=O)O)cc(C)c1Cl. The van der Waals surface area contributed by atoms with Crippen LogP contribution < -0.4 is 4.74 Å². The fourth-order valence-electron chi connectivity index (χ4n) is 2.01. The smallest absolute Gasteiger partial charge is 0.336 e. The first-order valence-electron chi connectivity index (χ1n) is 6.20. The van der Waals surface area contributed by atoms with Gasteiger partial charge < -0.3 is 9.84 Å². The zero-order valence-corrected chi connectivity index (χ0v) is 12.1. The maximum Gasteiger partial charge on any atom is 0.336 e. The Hall–Kier alpha value is -2.00. The van der Waals surface area contributed by atoms with Crippen molar-refractivity contribution in [2.24, 2.45) is 0 Å². The van der Waals surface area contributed by atoms with Crippen molar-refractivity contribution in [3.05, 3.63) is 63.7 Å². The Bertz CT molecular complexity index is 627. The fraction of sp³-hybridized carbons (Fsp3) is 0.188. The van der Waals surface area contributed by atoms with Crippen molar-refractivity contribution in [2.75, 3.05) is 0 Å². The van der Waals surface area contributed by atoms with Gasteiger partial charge in [0.2, 0.25) is 0 Å². The van der Waals surface area contributed by atoms with Crippen LogP contribution in [0.3, 0.4) is 0 Å². The molecule has 0 saturated heterocycles. The van der Waals surface area contributed by atoms with E-state index in [-0.39, 0.29) is 12.2 Å². The van der Waals surface area contributed by atoms with Crippen molar-refractivity contribution in [3.63, 3.8) is 0 Å². The molecule has 0 saturated carbocycles. The van der Waals surface area contributed by atoms with E-state index >= 15 is 0 Å². The quantitative estimate of drug-likeness (QED) is 0.916. The molecule has 0 heterocycles. The summed E-state index contributed by atoms with van der Waals surface area (Å²) in [6.07, 6.45) is 0. The van der Waals surface area contributed by atoms with Crippen molar-refractivity contribution >= 4 is 17.6 Å². The lowest BCUT2D eigenvalue weighted by atomic mass is 10.1. The van der Waals surface area contributed by atoms with E-state index in [1.807, 2.05) is 26.0 Å². The van der Waals surface area contributed by atoms with E-state index in [0.29, 0.717) is 11.3 Å². The summed E-state index contributed by atoms with van der Waals surface area (Å²) in [5, 5.41) is 9.84. The molecule has 104 valence electrons. The number of hydrogen-bond donors (Lipinski definition) is 1. The van der Waals surface area contributed by atoms with Gasteiger partial charge in [0.05, 0.1) is 5.56 Å². The Labute approximate surface area is 122 Å². The molecule has 0 unspecified atom stereocenters. The van der Waals surface area contributed by atoms with Gasteiger partial charge in [-0.25, -0.2) is 4.79 Å². The fourth-order valence-corrected chi connectivity index (χ4v) is 2.11.